The first-order valence-corrected chi connectivity index (χ1v) is 4.00. The molecule has 0 aromatic rings. The third-order valence-electron chi connectivity index (χ3n) is 3.01. The van der Waals surface area contributed by atoms with Crippen LogP contribution in [0.1, 0.15) is 19.8 Å². The van der Waals surface area contributed by atoms with Gasteiger partial charge in [0.2, 0.25) is 0 Å². The third-order valence-corrected chi connectivity index (χ3v) is 3.01. The summed E-state index contributed by atoms with van der Waals surface area (Å²) in [6, 6.07) is 0.904. The van der Waals surface area contributed by atoms with Crippen molar-refractivity contribution in [1.29, 1.82) is 0 Å². The van der Waals surface area contributed by atoms with E-state index in [1.807, 2.05) is 0 Å². The van der Waals surface area contributed by atoms with Crippen molar-refractivity contribution >= 4 is 0 Å². The lowest BCUT2D eigenvalue weighted by Gasteiger charge is -2.05. The van der Waals surface area contributed by atoms with E-state index < -0.39 is 0 Å². The second-order valence-corrected chi connectivity index (χ2v) is 3.72. The Balaban J connectivity index is 1.91. The molecule has 0 radical (unpaired) electrons. The maximum Gasteiger partial charge on any atom is 0.0127 e. The molecule has 2 aliphatic rings. The highest BCUT2D eigenvalue weighted by Gasteiger charge is 2.53. The fourth-order valence-electron chi connectivity index (χ4n) is 2.54. The molecule has 2 rings (SSSR count). The van der Waals surface area contributed by atoms with Crippen molar-refractivity contribution in [2.75, 3.05) is 7.05 Å². The van der Waals surface area contributed by atoms with Crippen LogP contribution in [0.5, 0.6) is 0 Å². The van der Waals surface area contributed by atoms with Crippen molar-refractivity contribution in [2.45, 2.75) is 25.8 Å². The molecule has 2 aliphatic carbocycles. The summed E-state index contributed by atoms with van der Waals surface area (Å²) in [6.45, 7) is 2.37. The number of hydrogen-bond donors (Lipinski definition) is 1. The number of rotatable bonds is 1. The van der Waals surface area contributed by atoms with Crippen LogP contribution in [-0.4, -0.2) is 13.1 Å². The van der Waals surface area contributed by atoms with Crippen molar-refractivity contribution in [1.82, 2.24) is 5.32 Å². The van der Waals surface area contributed by atoms with Crippen molar-refractivity contribution in [3.63, 3.8) is 0 Å². The van der Waals surface area contributed by atoms with Crippen LogP contribution in [-0.2, 0) is 0 Å². The Labute approximate surface area is 56.8 Å². The normalized spacial score (nSPS) is 55.3. The molecule has 2 saturated carbocycles. The number of nitrogens with one attached hydrogen (secondary N) is 1. The highest BCUT2D eigenvalue weighted by atomic mass is 15.0. The topological polar surface area (TPSA) is 12.0 Å². The van der Waals surface area contributed by atoms with Crippen LogP contribution in [0.4, 0.5) is 0 Å². The molecule has 2 fully saturated rings. The molecule has 0 aromatic carbocycles. The molecular formula is C8H15N. The molecule has 2 unspecified atom stereocenters. The van der Waals surface area contributed by atoms with E-state index in [1.54, 1.807) is 0 Å². The van der Waals surface area contributed by atoms with Crippen molar-refractivity contribution in [3.8, 4) is 0 Å². The maximum absolute atomic E-state index is 3.36. The molecule has 1 N–H and O–H groups in total. The SMILES string of the molecule is CNC1C2CC(C)CC21. The molecule has 9 heavy (non-hydrogen) atoms. The summed E-state index contributed by atoms with van der Waals surface area (Å²) in [7, 11) is 2.09. The standard InChI is InChI=1S/C8H15N/c1-5-3-6-7(4-5)8(6)9-2/h5-9H,3-4H2,1-2H3. The van der Waals surface area contributed by atoms with Crippen LogP contribution in [0, 0.1) is 17.8 Å². The van der Waals surface area contributed by atoms with Gasteiger partial charge in [-0.05, 0) is 37.6 Å². The van der Waals surface area contributed by atoms with Gasteiger partial charge in [-0.3, -0.25) is 0 Å². The first-order chi connectivity index (χ1) is 4.33. The van der Waals surface area contributed by atoms with E-state index in [2.05, 4.69) is 19.3 Å². The molecule has 0 aliphatic heterocycles. The van der Waals surface area contributed by atoms with E-state index in [9.17, 15) is 0 Å². The largest absolute Gasteiger partial charge is 0.316 e. The van der Waals surface area contributed by atoms with Crippen molar-refractivity contribution < 1.29 is 0 Å². The Bertz CT molecular complexity index is 110. The predicted octanol–water partition coefficient (Wildman–Crippen LogP) is 1.25. The zero-order valence-electron chi connectivity index (χ0n) is 6.22. The molecule has 0 aromatic heterocycles. The summed E-state index contributed by atoms with van der Waals surface area (Å²) in [5.41, 5.74) is 0. The van der Waals surface area contributed by atoms with Crippen LogP contribution >= 0.6 is 0 Å². The molecule has 0 spiro atoms. The van der Waals surface area contributed by atoms with Crippen LogP contribution in [0.2, 0.25) is 0 Å². The summed E-state index contributed by atoms with van der Waals surface area (Å²) in [5, 5.41) is 3.36. The summed E-state index contributed by atoms with van der Waals surface area (Å²) in [6.07, 6.45) is 2.96. The lowest BCUT2D eigenvalue weighted by Crippen LogP contribution is -2.15. The Morgan fingerprint density at radius 2 is 1.78 bits per heavy atom. The minimum absolute atomic E-state index is 0.904. The van der Waals surface area contributed by atoms with E-state index in [1.165, 1.54) is 12.8 Å². The van der Waals surface area contributed by atoms with Gasteiger partial charge in [-0.1, -0.05) is 6.92 Å². The lowest BCUT2D eigenvalue weighted by atomic mass is 10.1. The second-order valence-electron chi connectivity index (χ2n) is 3.72. The van der Waals surface area contributed by atoms with Gasteiger partial charge in [0.05, 0.1) is 0 Å². The van der Waals surface area contributed by atoms with Crippen molar-refractivity contribution in [3.05, 3.63) is 0 Å². The molecule has 52 valence electrons. The maximum atomic E-state index is 3.36. The zero-order chi connectivity index (χ0) is 6.43. The average Bonchev–Trinajstić information content (AvgIpc) is 2.30. The van der Waals surface area contributed by atoms with Crippen LogP contribution < -0.4 is 5.32 Å². The zero-order valence-corrected chi connectivity index (χ0v) is 6.22. The van der Waals surface area contributed by atoms with E-state index in [-0.39, 0.29) is 0 Å². The van der Waals surface area contributed by atoms with E-state index >= 15 is 0 Å². The molecule has 0 heterocycles. The van der Waals surface area contributed by atoms with E-state index in [4.69, 9.17) is 0 Å². The van der Waals surface area contributed by atoms with Crippen molar-refractivity contribution in [2.24, 2.45) is 17.8 Å². The van der Waals surface area contributed by atoms with Crippen LogP contribution in [0.15, 0.2) is 0 Å². The third kappa shape index (κ3) is 0.710. The van der Waals surface area contributed by atoms with Gasteiger partial charge in [-0.15, -0.1) is 0 Å². The molecule has 1 heteroatoms. The Morgan fingerprint density at radius 1 is 1.22 bits per heavy atom. The van der Waals surface area contributed by atoms with Gasteiger partial charge in [-0.25, -0.2) is 0 Å². The van der Waals surface area contributed by atoms with Crippen LogP contribution in [0.3, 0.4) is 0 Å². The fraction of sp³-hybridized carbons (Fsp3) is 1.00. The Morgan fingerprint density at radius 3 is 2.22 bits per heavy atom. The summed E-state index contributed by atoms with van der Waals surface area (Å²) in [4.78, 5) is 0. The van der Waals surface area contributed by atoms with Gasteiger partial charge in [0.15, 0.2) is 0 Å². The summed E-state index contributed by atoms with van der Waals surface area (Å²) < 4.78 is 0. The highest BCUT2D eigenvalue weighted by Crippen LogP contribution is 2.54. The van der Waals surface area contributed by atoms with Gasteiger partial charge in [0.1, 0.15) is 0 Å². The van der Waals surface area contributed by atoms with Gasteiger partial charge < -0.3 is 5.32 Å². The molecule has 2 atom stereocenters. The Hall–Kier alpha value is -0.0400. The Kier molecular flexibility index (Phi) is 1.10. The minimum atomic E-state index is 0.904. The first kappa shape index (κ1) is 5.72. The first-order valence-electron chi connectivity index (χ1n) is 4.00. The van der Waals surface area contributed by atoms with Crippen LogP contribution in [0.25, 0.3) is 0 Å². The molecular weight excluding hydrogens is 110 g/mol. The van der Waals surface area contributed by atoms with Gasteiger partial charge in [0, 0.05) is 6.04 Å². The van der Waals surface area contributed by atoms with E-state index in [0.717, 1.165) is 23.8 Å². The predicted molar refractivity (Wildman–Crippen MR) is 38.2 cm³/mol. The average molecular weight is 125 g/mol. The van der Waals surface area contributed by atoms with Gasteiger partial charge >= 0.3 is 0 Å². The second kappa shape index (κ2) is 1.72. The smallest absolute Gasteiger partial charge is 0.0127 e. The molecule has 1 nitrogen and oxygen atoms in total. The fourth-order valence-corrected chi connectivity index (χ4v) is 2.54. The van der Waals surface area contributed by atoms with E-state index in [0.29, 0.717) is 0 Å². The molecule has 0 amide bonds. The summed E-state index contributed by atoms with van der Waals surface area (Å²) >= 11 is 0. The summed E-state index contributed by atoms with van der Waals surface area (Å²) in [5.74, 6) is 3.14. The number of hydrogen-bond acceptors (Lipinski definition) is 1. The van der Waals surface area contributed by atoms with Gasteiger partial charge in [-0.2, -0.15) is 0 Å². The lowest BCUT2D eigenvalue weighted by molar-refractivity contribution is 0.486. The molecule has 0 bridgehead atoms. The minimum Gasteiger partial charge on any atom is -0.316 e. The molecule has 0 saturated heterocycles. The highest BCUT2D eigenvalue weighted by molar-refractivity contribution is 5.07. The quantitative estimate of drug-likeness (QED) is 0.556. The van der Waals surface area contributed by atoms with Gasteiger partial charge in [0.25, 0.3) is 0 Å². The monoisotopic (exact) mass is 125 g/mol. The number of fused-ring (bicyclic) bond motifs is 1.